The Bertz CT molecular complexity index is 984. The Morgan fingerprint density at radius 2 is 1.97 bits per heavy atom. The number of carbonyl (C=O) groups excluding carboxylic acids is 2. The summed E-state index contributed by atoms with van der Waals surface area (Å²) >= 11 is 0. The number of ether oxygens (including phenoxy) is 2. The van der Waals surface area contributed by atoms with Crippen LogP contribution in [0, 0.1) is 17.2 Å². The molecule has 2 amide bonds. The predicted octanol–water partition coefficient (Wildman–Crippen LogP) is 3.70. The number of nitrogens with zero attached hydrogens (tertiary/aromatic N) is 1. The number of aliphatic hydroxyl groups excluding tert-OH is 1. The number of hydrogen-bond donors (Lipinski definition) is 4. The van der Waals surface area contributed by atoms with Crippen molar-refractivity contribution >= 4 is 17.7 Å². The molecule has 0 saturated carbocycles. The monoisotopic (exact) mass is 453 g/mol. The lowest BCUT2D eigenvalue weighted by Crippen LogP contribution is -2.22. The third-order valence-electron chi connectivity index (χ3n) is 4.73. The number of rotatable bonds is 11. The topological polar surface area (TPSA) is 141 Å². The highest BCUT2D eigenvalue weighted by molar-refractivity contribution is 5.86. The highest BCUT2D eigenvalue weighted by Crippen LogP contribution is 2.32. The van der Waals surface area contributed by atoms with Crippen molar-refractivity contribution < 1.29 is 29.4 Å². The molecule has 0 aliphatic carbocycles. The van der Waals surface area contributed by atoms with E-state index in [-0.39, 0.29) is 19.1 Å². The molecule has 0 aromatic heterocycles. The number of benzene rings is 2. The number of anilines is 1. The van der Waals surface area contributed by atoms with Gasteiger partial charge in [0.05, 0.1) is 18.2 Å². The molecular formula is C24H27N3O6. The number of carbonyl (C=O) groups is 2. The minimum atomic E-state index is -0.659. The molecule has 9 nitrogen and oxygen atoms in total. The van der Waals surface area contributed by atoms with Crippen LogP contribution in [0.1, 0.15) is 37.0 Å². The van der Waals surface area contributed by atoms with Gasteiger partial charge in [-0.2, -0.15) is 5.26 Å². The van der Waals surface area contributed by atoms with Gasteiger partial charge >= 0.3 is 6.09 Å². The van der Waals surface area contributed by atoms with Crippen LogP contribution in [0.4, 0.5) is 10.5 Å². The largest absolute Gasteiger partial charge is 0.491 e. The Balaban J connectivity index is 2.14. The maximum Gasteiger partial charge on any atom is 0.412 e. The molecule has 0 spiro atoms. The van der Waals surface area contributed by atoms with Gasteiger partial charge in [-0.3, -0.25) is 15.3 Å². The fourth-order valence-electron chi connectivity index (χ4n) is 3.09. The summed E-state index contributed by atoms with van der Waals surface area (Å²) in [7, 11) is 0. The molecule has 0 bridgehead atoms. The SMILES string of the molecule is C[C@H](CC/C=C/C(=O)NO)[C@H](OC(=O)Nc1ccc(C#N)cc1)c1cccc(OCCO)c1. The molecule has 174 valence electrons. The molecule has 2 aromatic carbocycles. The first-order chi connectivity index (χ1) is 16.0. The lowest BCUT2D eigenvalue weighted by atomic mass is 9.93. The molecule has 2 atom stereocenters. The van der Waals surface area contributed by atoms with Gasteiger partial charge in [-0.1, -0.05) is 25.1 Å². The van der Waals surface area contributed by atoms with E-state index in [0.29, 0.717) is 35.4 Å². The summed E-state index contributed by atoms with van der Waals surface area (Å²) in [5.74, 6) is -0.216. The van der Waals surface area contributed by atoms with Crippen molar-refractivity contribution in [1.29, 1.82) is 5.26 Å². The van der Waals surface area contributed by atoms with Gasteiger partial charge in [-0.25, -0.2) is 10.3 Å². The van der Waals surface area contributed by atoms with Crippen molar-refractivity contribution in [2.45, 2.75) is 25.9 Å². The second-order valence-corrected chi connectivity index (χ2v) is 7.22. The smallest absolute Gasteiger partial charge is 0.412 e. The number of allylic oxidation sites excluding steroid dienone is 1. The molecule has 33 heavy (non-hydrogen) atoms. The number of hydroxylamine groups is 1. The molecule has 2 rings (SSSR count). The van der Waals surface area contributed by atoms with Gasteiger partial charge in [-0.15, -0.1) is 0 Å². The third-order valence-corrected chi connectivity index (χ3v) is 4.73. The summed E-state index contributed by atoms with van der Waals surface area (Å²) < 4.78 is 11.2. The molecule has 0 aliphatic heterocycles. The quantitative estimate of drug-likeness (QED) is 0.231. The van der Waals surface area contributed by atoms with E-state index in [1.165, 1.54) is 11.6 Å². The van der Waals surface area contributed by atoms with Crippen molar-refractivity contribution in [1.82, 2.24) is 5.48 Å². The van der Waals surface area contributed by atoms with Crippen LogP contribution in [0.25, 0.3) is 0 Å². The van der Waals surface area contributed by atoms with E-state index in [0.717, 1.165) is 0 Å². The Labute approximate surface area is 192 Å². The maximum absolute atomic E-state index is 12.6. The summed E-state index contributed by atoms with van der Waals surface area (Å²) in [5.41, 5.74) is 3.21. The molecule has 9 heteroatoms. The Morgan fingerprint density at radius 1 is 1.21 bits per heavy atom. The predicted molar refractivity (Wildman–Crippen MR) is 120 cm³/mol. The van der Waals surface area contributed by atoms with Crippen LogP contribution >= 0.6 is 0 Å². The first-order valence-corrected chi connectivity index (χ1v) is 10.4. The van der Waals surface area contributed by atoms with E-state index in [4.69, 9.17) is 25.0 Å². The zero-order valence-corrected chi connectivity index (χ0v) is 18.2. The first-order valence-electron chi connectivity index (χ1n) is 10.4. The first kappa shape index (κ1) is 25.4. The normalized spacial score (nSPS) is 12.4. The van der Waals surface area contributed by atoms with Crippen molar-refractivity contribution in [3.63, 3.8) is 0 Å². The van der Waals surface area contributed by atoms with Crippen LogP contribution in [0.2, 0.25) is 0 Å². The number of amides is 2. The van der Waals surface area contributed by atoms with Gasteiger partial charge in [0.25, 0.3) is 5.91 Å². The minimum absolute atomic E-state index is 0.124. The summed E-state index contributed by atoms with van der Waals surface area (Å²) in [6, 6.07) is 15.5. The highest BCUT2D eigenvalue weighted by Gasteiger charge is 2.24. The van der Waals surface area contributed by atoms with Crippen LogP contribution in [-0.4, -0.2) is 35.5 Å². The molecule has 2 aromatic rings. The van der Waals surface area contributed by atoms with Crippen LogP contribution in [0.3, 0.4) is 0 Å². The molecule has 0 aliphatic rings. The van der Waals surface area contributed by atoms with Gasteiger partial charge < -0.3 is 14.6 Å². The van der Waals surface area contributed by atoms with Gasteiger partial charge in [0, 0.05) is 11.8 Å². The Morgan fingerprint density at radius 3 is 2.64 bits per heavy atom. The van der Waals surface area contributed by atoms with E-state index < -0.39 is 18.1 Å². The van der Waals surface area contributed by atoms with Crippen LogP contribution < -0.4 is 15.5 Å². The van der Waals surface area contributed by atoms with E-state index in [1.807, 2.05) is 19.1 Å². The van der Waals surface area contributed by atoms with Crippen LogP contribution in [0.5, 0.6) is 5.75 Å². The lowest BCUT2D eigenvalue weighted by molar-refractivity contribution is -0.124. The highest BCUT2D eigenvalue weighted by atomic mass is 16.6. The van der Waals surface area contributed by atoms with Gasteiger partial charge in [0.2, 0.25) is 0 Å². The summed E-state index contributed by atoms with van der Waals surface area (Å²) in [5, 5.41) is 29.1. The summed E-state index contributed by atoms with van der Waals surface area (Å²) in [6.07, 6.45) is 2.67. The van der Waals surface area contributed by atoms with Crippen molar-refractivity contribution in [2.75, 3.05) is 18.5 Å². The summed E-state index contributed by atoms with van der Waals surface area (Å²) in [6.45, 7) is 1.93. The van der Waals surface area contributed by atoms with Crippen molar-refractivity contribution in [3.8, 4) is 11.8 Å². The lowest BCUT2D eigenvalue weighted by Gasteiger charge is -2.25. The number of hydrogen-bond acceptors (Lipinski definition) is 7. The van der Waals surface area contributed by atoms with Crippen molar-refractivity contribution in [2.24, 2.45) is 5.92 Å². The minimum Gasteiger partial charge on any atom is -0.491 e. The van der Waals surface area contributed by atoms with Crippen molar-refractivity contribution in [3.05, 3.63) is 71.8 Å². The molecule has 0 heterocycles. The van der Waals surface area contributed by atoms with E-state index in [1.54, 1.807) is 48.5 Å². The van der Waals surface area contributed by atoms with Crippen LogP contribution in [0.15, 0.2) is 60.7 Å². The standard InChI is InChI=1S/C24H27N3O6/c1-17(5-2-3-8-22(29)27-31)23(19-6-4-7-21(15-19)32-14-13-28)33-24(30)26-20-11-9-18(16-25)10-12-20/h3-4,6-12,15,17,23,28,31H,2,5,13-14H2,1H3,(H,26,30)(H,27,29)/b8-3+/t17-,23+/m1/s1. The van der Waals surface area contributed by atoms with E-state index >= 15 is 0 Å². The van der Waals surface area contributed by atoms with Gasteiger partial charge in [0.1, 0.15) is 18.5 Å². The molecule has 0 fully saturated rings. The number of aliphatic hydroxyl groups is 1. The fourth-order valence-corrected chi connectivity index (χ4v) is 3.09. The summed E-state index contributed by atoms with van der Waals surface area (Å²) in [4.78, 5) is 23.7. The second-order valence-electron chi connectivity index (χ2n) is 7.22. The molecule has 4 N–H and O–H groups in total. The average molecular weight is 453 g/mol. The molecular weight excluding hydrogens is 426 g/mol. The number of nitrogens with one attached hydrogen (secondary N) is 2. The zero-order valence-electron chi connectivity index (χ0n) is 18.2. The van der Waals surface area contributed by atoms with Gasteiger partial charge in [-0.05, 0) is 60.7 Å². The molecule has 0 radical (unpaired) electrons. The van der Waals surface area contributed by atoms with E-state index in [2.05, 4.69) is 5.32 Å². The Hall–Kier alpha value is -3.87. The fraction of sp³-hybridized carbons (Fsp3) is 0.292. The van der Waals surface area contributed by atoms with Crippen LogP contribution in [-0.2, 0) is 9.53 Å². The zero-order chi connectivity index (χ0) is 24.1. The average Bonchev–Trinajstić information content (AvgIpc) is 2.84. The Kier molecular flexibility index (Phi) is 10.4. The second kappa shape index (κ2) is 13.5. The third kappa shape index (κ3) is 8.65. The van der Waals surface area contributed by atoms with Gasteiger partial charge in [0.15, 0.2) is 0 Å². The molecule has 0 saturated heterocycles. The number of nitriles is 1. The van der Waals surface area contributed by atoms with E-state index in [9.17, 15) is 9.59 Å². The molecule has 0 unspecified atom stereocenters. The maximum atomic E-state index is 12.6.